The molecular formula is C32H47NO4. The van der Waals surface area contributed by atoms with Crippen LogP contribution in [0.5, 0.6) is 0 Å². The molecule has 1 fully saturated rings. The maximum Gasteiger partial charge on any atom is 0.410 e. The van der Waals surface area contributed by atoms with E-state index in [1.165, 1.54) is 86.7 Å². The number of nitrogens with zero attached hydrogens (tertiary/aromatic N) is 1. The molecule has 204 valence electrons. The van der Waals surface area contributed by atoms with Crippen LogP contribution in [0, 0.1) is 6.92 Å². The molecule has 1 amide bonds. The molecule has 0 aliphatic carbocycles. The van der Waals surface area contributed by atoms with Crippen LogP contribution in [0.3, 0.4) is 0 Å². The van der Waals surface area contributed by atoms with Crippen molar-refractivity contribution in [3.63, 3.8) is 0 Å². The van der Waals surface area contributed by atoms with Gasteiger partial charge in [0.2, 0.25) is 0 Å². The molecule has 0 spiro atoms. The Morgan fingerprint density at radius 1 is 0.838 bits per heavy atom. The zero-order valence-electron chi connectivity index (χ0n) is 23.0. The summed E-state index contributed by atoms with van der Waals surface area (Å²) in [7, 11) is 0. The van der Waals surface area contributed by atoms with Crippen molar-refractivity contribution in [1.82, 2.24) is 4.90 Å². The summed E-state index contributed by atoms with van der Waals surface area (Å²) in [6.45, 7) is 5.06. The Labute approximate surface area is 224 Å². The number of aryl methyl sites for hydroxylation is 2. The maximum atomic E-state index is 11.8. The van der Waals surface area contributed by atoms with Crippen molar-refractivity contribution in [2.24, 2.45) is 0 Å². The number of carbonyl (C=O) groups excluding carboxylic acids is 1. The molecular weight excluding hydrogens is 462 g/mol. The molecule has 1 aliphatic heterocycles. The Hall–Kier alpha value is -2.82. The van der Waals surface area contributed by atoms with E-state index in [1.807, 2.05) is 30.3 Å². The highest BCUT2D eigenvalue weighted by atomic mass is 16.6. The van der Waals surface area contributed by atoms with Crippen LogP contribution in [-0.4, -0.2) is 34.7 Å². The third kappa shape index (κ3) is 12.8. The van der Waals surface area contributed by atoms with Gasteiger partial charge in [-0.3, -0.25) is 4.90 Å². The first-order chi connectivity index (χ1) is 18.0. The van der Waals surface area contributed by atoms with Crippen LogP contribution in [0.4, 0.5) is 4.79 Å². The topological polar surface area (TPSA) is 66.8 Å². The molecule has 0 radical (unpaired) electrons. The Morgan fingerprint density at radius 3 is 2.03 bits per heavy atom. The quantitative estimate of drug-likeness (QED) is 0.260. The number of rotatable bonds is 14. The molecule has 3 rings (SSSR count). The van der Waals surface area contributed by atoms with E-state index in [0.717, 1.165) is 5.56 Å². The van der Waals surface area contributed by atoms with Gasteiger partial charge in [-0.25, -0.2) is 9.59 Å². The van der Waals surface area contributed by atoms with Crippen molar-refractivity contribution in [2.75, 3.05) is 6.54 Å². The number of hydrogen-bond donors (Lipinski definition) is 1. The zero-order chi connectivity index (χ0) is 26.7. The molecule has 5 heteroatoms. The second-order valence-corrected chi connectivity index (χ2v) is 10.1. The summed E-state index contributed by atoms with van der Waals surface area (Å²) >= 11 is 0. The van der Waals surface area contributed by atoms with E-state index in [4.69, 9.17) is 9.84 Å². The largest absolute Gasteiger partial charge is 0.480 e. The Bertz CT molecular complexity index is 881. The Balaban J connectivity index is 0.000000260. The summed E-state index contributed by atoms with van der Waals surface area (Å²) in [6.07, 6.45) is 16.2. The number of aliphatic carboxylic acids is 1. The lowest BCUT2D eigenvalue weighted by molar-refractivity contribution is -0.141. The minimum absolute atomic E-state index is 0.169. The number of amides is 1. The number of hydrogen-bond acceptors (Lipinski definition) is 3. The van der Waals surface area contributed by atoms with Crippen molar-refractivity contribution in [2.45, 2.75) is 110 Å². The zero-order valence-corrected chi connectivity index (χ0v) is 23.0. The van der Waals surface area contributed by atoms with Crippen LogP contribution >= 0.6 is 0 Å². The van der Waals surface area contributed by atoms with Crippen LogP contribution in [0.15, 0.2) is 54.6 Å². The first-order valence-electron chi connectivity index (χ1n) is 14.3. The summed E-state index contributed by atoms with van der Waals surface area (Å²) in [5, 5.41) is 8.97. The van der Waals surface area contributed by atoms with Crippen molar-refractivity contribution in [3.05, 3.63) is 71.3 Å². The van der Waals surface area contributed by atoms with Gasteiger partial charge in [-0.05, 0) is 43.7 Å². The predicted octanol–water partition coefficient (Wildman–Crippen LogP) is 8.33. The highest BCUT2D eigenvalue weighted by Crippen LogP contribution is 2.19. The molecule has 1 aliphatic rings. The minimum atomic E-state index is -0.968. The van der Waals surface area contributed by atoms with Crippen molar-refractivity contribution >= 4 is 12.1 Å². The summed E-state index contributed by atoms with van der Waals surface area (Å²) < 4.78 is 5.12. The van der Waals surface area contributed by atoms with E-state index in [2.05, 4.69) is 38.1 Å². The highest BCUT2D eigenvalue weighted by molar-refractivity contribution is 5.80. The Morgan fingerprint density at radius 2 is 1.43 bits per heavy atom. The van der Waals surface area contributed by atoms with Gasteiger partial charge in [-0.2, -0.15) is 0 Å². The number of carboxylic acid groups (broad SMARTS) is 1. The van der Waals surface area contributed by atoms with Gasteiger partial charge in [0, 0.05) is 6.54 Å². The van der Waals surface area contributed by atoms with Crippen LogP contribution in [-0.2, 0) is 22.6 Å². The van der Waals surface area contributed by atoms with Crippen LogP contribution in [0.2, 0.25) is 0 Å². The molecule has 1 heterocycles. The fourth-order valence-electron chi connectivity index (χ4n) is 4.62. The first kappa shape index (κ1) is 30.4. The molecule has 1 saturated heterocycles. The molecule has 37 heavy (non-hydrogen) atoms. The van der Waals surface area contributed by atoms with E-state index in [0.29, 0.717) is 19.4 Å². The third-order valence-electron chi connectivity index (χ3n) is 6.92. The number of carbonyl (C=O) groups is 2. The molecule has 1 N–H and O–H groups in total. The first-order valence-corrected chi connectivity index (χ1v) is 14.3. The average molecular weight is 510 g/mol. The van der Waals surface area contributed by atoms with E-state index >= 15 is 0 Å². The van der Waals surface area contributed by atoms with Gasteiger partial charge in [0.15, 0.2) is 0 Å². The fourth-order valence-corrected chi connectivity index (χ4v) is 4.62. The normalized spacial score (nSPS) is 14.6. The summed E-state index contributed by atoms with van der Waals surface area (Å²) in [4.78, 5) is 24.0. The lowest BCUT2D eigenvalue weighted by Crippen LogP contribution is -2.40. The van der Waals surface area contributed by atoms with Gasteiger partial charge in [-0.1, -0.05) is 125 Å². The molecule has 0 saturated carbocycles. The maximum absolute atomic E-state index is 11.8. The molecule has 0 aromatic heterocycles. The monoisotopic (exact) mass is 509 g/mol. The molecule has 1 atom stereocenters. The van der Waals surface area contributed by atoms with E-state index < -0.39 is 18.1 Å². The number of unbranched alkanes of at least 4 members (excludes halogenated alkanes) is 9. The van der Waals surface area contributed by atoms with Crippen molar-refractivity contribution < 1.29 is 19.4 Å². The second kappa shape index (κ2) is 18.4. The van der Waals surface area contributed by atoms with Gasteiger partial charge in [0.1, 0.15) is 12.6 Å². The van der Waals surface area contributed by atoms with Crippen molar-refractivity contribution in [3.8, 4) is 0 Å². The van der Waals surface area contributed by atoms with E-state index in [-0.39, 0.29) is 6.61 Å². The van der Waals surface area contributed by atoms with Crippen LogP contribution < -0.4 is 0 Å². The van der Waals surface area contributed by atoms with Gasteiger partial charge in [0.05, 0.1) is 0 Å². The van der Waals surface area contributed by atoms with Crippen molar-refractivity contribution in [1.29, 1.82) is 0 Å². The Kier molecular flexibility index (Phi) is 15.1. The fraction of sp³-hybridized carbons (Fsp3) is 0.562. The molecule has 0 bridgehead atoms. The van der Waals surface area contributed by atoms with E-state index in [1.54, 1.807) is 0 Å². The third-order valence-corrected chi connectivity index (χ3v) is 6.92. The van der Waals surface area contributed by atoms with Gasteiger partial charge >= 0.3 is 12.1 Å². The number of ether oxygens (including phenoxy) is 1. The summed E-state index contributed by atoms with van der Waals surface area (Å²) in [5.74, 6) is -0.968. The van der Waals surface area contributed by atoms with Gasteiger partial charge in [-0.15, -0.1) is 0 Å². The van der Waals surface area contributed by atoms with Gasteiger partial charge < -0.3 is 9.84 Å². The SMILES string of the molecule is CCCCCCCCCCCCc1ccc(C)cc1.O=C(O)[C@@H]1CCCN1C(=O)OCc1ccccc1. The summed E-state index contributed by atoms with van der Waals surface area (Å²) in [5.41, 5.74) is 3.76. The number of carboxylic acids is 1. The van der Waals surface area contributed by atoms with Gasteiger partial charge in [0.25, 0.3) is 0 Å². The highest BCUT2D eigenvalue weighted by Gasteiger charge is 2.34. The average Bonchev–Trinajstić information content (AvgIpc) is 3.41. The molecule has 5 nitrogen and oxygen atoms in total. The van der Waals surface area contributed by atoms with Crippen LogP contribution in [0.25, 0.3) is 0 Å². The smallest absolute Gasteiger partial charge is 0.410 e. The number of likely N-dealkylation sites (tertiary alicyclic amines) is 1. The lowest BCUT2D eigenvalue weighted by Gasteiger charge is -2.20. The standard InChI is InChI=1S/C19H32.C13H15NO4/c1-3-4-5-6-7-8-9-10-11-12-13-19-16-14-18(2)15-17-19;15-12(16)11-7-4-8-14(11)13(17)18-9-10-5-2-1-3-6-10/h14-17H,3-13H2,1-2H3;1-3,5-6,11H,4,7-9H2,(H,15,16)/t;11-/m.0/s1. The van der Waals surface area contributed by atoms with E-state index in [9.17, 15) is 9.59 Å². The summed E-state index contributed by atoms with van der Waals surface area (Å²) in [6, 6.07) is 17.6. The van der Waals surface area contributed by atoms with Crippen LogP contribution in [0.1, 0.15) is 101 Å². The minimum Gasteiger partial charge on any atom is -0.480 e. The molecule has 2 aromatic carbocycles. The molecule has 0 unspecified atom stereocenters. The molecule has 2 aromatic rings. The lowest BCUT2D eigenvalue weighted by atomic mass is 10.0. The second-order valence-electron chi connectivity index (χ2n) is 10.1. The number of benzene rings is 2. The predicted molar refractivity (Wildman–Crippen MR) is 151 cm³/mol.